The van der Waals surface area contributed by atoms with Crippen molar-refractivity contribution in [1.82, 2.24) is 0 Å². The van der Waals surface area contributed by atoms with E-state index in [1.54, 1.807) is 31.4 Å². The fraction of sp³-hybridized carbons (Fsp3) is 0.0870. The van der Waals surface area contributed by atoms with Gasteiger partial charge in [0.25, 0.3) is 0 Å². The Morgan fingerprint density at radius 3 is 2.57 bits per heavy atom. The first-order valence-electron chi connectivity index (χ1n) is 8.52. The lowest BCUT2D eigenvalue weighted by Crippen LogP contribution is -1.99. The Morgan fingerprint density at radius 2 is 1.89 bits per heavy atom. The second-order valence-corrected chi connectivity index (χ2v) is 6.84. The number of nitriles is 1. The van der Waals surface area contributed by atoms with Gasteiger partial charge in [-0.1, -0.05) is 42.5 Å². The summed E-state index contributed by atoms with van der Waals surface area (Å²) in [4.78, 5) is 0. The molecule has 3 aromatic rings. The first-order chi connectivity index (χ1) is 13.6. The molecule has 0 saturated carbocycles. The smallest absolute Gasteiger partial charge is 0.175 e. The molecule has 0 heterocycles. The number of ether oxygens (including phenoxy) is 2. The van der Waals surface area contributed by atoms with Gasteiger partial charge in [-0.15, -0.1) is 0 Å². The second kappa shape index (κ2) is 9.20. The van der Waals surface area contributed by atoms with Crippen LogP contribution in [0, 0.1) is 17.1 Å². The Morgan fingerprint density at radius 1 is 1.11 bits per heavy atom. The molecule has 0 saturated heterocycles. The van der Waals surface area contributed by atoms with Crippen molar-refractivity contribution in [3.8, 4) is 17.6 Å². The number of allylic oxidation sites excluding steroid dienone is 1. The van der Waals surface area contributed by atoms with E-state index in [1.807, 2.05) is 36.4 Å². The van der Waals surface area contributed by atoms with E-state index in [-0.39, 0.29) is 5.82 Å². The number of benzene rings is 3. The Bertz CT molecular complexity index is 1040. The lowest BCUT2D eigenvalue weighted by atomic mass is 10.0. The molecule has 0 amide bonds. The maximum atomic E-state index is 13.5. The van der Waals surface area contributed by atoms with Crippen LogP contribution in [-0.4, -0.2) is 7.11 Å². The number of nitrogens with zero attached hydrogens (tertiary/aromatic N) is 1. The predicted molar refractivity (Wildman–Crippen MR) is 111 cm³/mol. The van der Waals surface area contributed by atoms with E-state index in [1.165, 1.54) is 12.1 Å². The predicted octanol–water partition coefficient (Wildman–Crippen LogP) is 6.24. The van der Waals surface area contributed by atoms with Gasteiger partial charge in [0.2, 0.25) is 0 Å². The van der Waals surface area contributed by atoms with Gasteiger partial charge in [-0.3, -0.25) is 0 Å². The highest BCUT2D eigenvalue weighted by Gasteiger charge is 2.12. The van der Waals surface area contributed by atoms with Crippen molar-refractivity contribution in [1.29, 1.82) is 5.26 Å². The molecule has 0 spiro atoms. The van der Waals surface area contributed by atoms with Crippen molar-refractivity contribution >= 4 is 27.6 Å². The Hall–Kier alpha value is -3.10. The number of methoxy groups -OCH3 is 1. The second-order valence-electron chi connectivity index (χ2n) is 5.99. The fourth-order valence-electron chi connectivity index (χ4n) is 2.70. The molecule has 0 aliphatic heterocycles. The minimum Gasteiger partial charge on any atom is -0.493 e. The SMILES string of the molecule is COc1cc(/C=C(\C#N)c2cccc(F)c2)cc(Br)c1OCc1ccccc1. The van der Waals surface area contributed by atoms with E-state index in [0.717, 1.165) is 11.1 Å². The molecular formula is C23H17BrFNO2. The Kier molecular flexibility index (Phi) is 6.46. The van der Waals surface area contributed by atoms with Gasteiger partial charge in [-0.05, 0) is 63.0 Å². The number of hydrogen-bond donors (Lipinski definition) is 0. The van der Waals surface area contributed by atoms with Crippen LogP contribution >= 0.6 is 15.9 Å². The summed E-state index contributed by atoms with van der Waals surface area (Å²) in [6, 6.07) is 21.5. The van der Waals surface area contributed by atoms with E-state index in [9.17, 15) is 9.65 Å². The first-order valence-corrected chi connectivity index (χ1v) is 9.32. The largest absolute Gasteiger partial charge is 0.493 e. The molecule has 3 nitrogen and oxygen atoms in total. The number of rotatable bonds is 6. The van der Waals surface area contributed by atoms with Crippen LogP contribution in [0.25, 0.3) is 11.6 Å². The van der Waals surface area contributed by atoms with Crippen molar-refractivity contribution in [2.45, 2.75) is 6.61 Å². The summed E-state index contributed by atoms with van der Waals surface area (Å²) >= 11 is 3.51. The van der Waals surface area contributed by atoms with Gasteiger partial charge in [0.1, 0.15) is 12.4 Å². The van der Waals surface area contributed by atoms with Crippen LogP contribution in [0.5, 0.6) is 11.5 Å². The highest BCUT2D eigenvalue weighted by Crippen LogP contribution is 2.38. The lowest BCUT2D eigenvalue weighted by molar-refractivity contribution is 0.282. The molecule has 0 bridgehead atoms. The summed E-state index contributed by atoms with van der Waals surface area (Å²) in [5, 5.41) is 9.48. The van der Waals surface area contributed by atoms with Crippen LogP contribution < -0.4 is 9.47 Å². The zero-order valence-corrected chi connectivity index (χ0v) is 16.7. The third-order valence-corrected chi connectivity index (χ3v) is 4.63. The van der Waals surface area contributed by atoms with Crippen LogP contribution in [-0.2, 0) is 6.61 Å². The van der Waals surface area contributed by atoms with Crippen molar-refractivity contribution in [3.05, 3.63) is 93.7 Å². The molecule has 0 fully saturated rings. The normalized spacial score (nSPS) is 11.0. The zero-order valence-electron chi connectivity index (χ0n) is 15.2. The molecule has 28 heavy (non-hydrogen) atoms. The summed E-state index contributed by atoms with van der Waals surface area (Å²) < 4.78 is 25.6. The molecule has 140 valence electrons. The van der Waals surface area contributed by atoms with E-state index in [2.05, 4.69) is 22.0 Å². The fourth-order valence-corrected chi connectivity index (χ4v) is 3.27. The third kappa shape index (κ3) is 4.79. The molecule has 0 aliphatic carbocycles. The topological polar surface area (TPSA) is 42.2 Å². The van der Waals surface area contributed by atoms with E-state index in [4.69, 9.17) is 9.47 Å². The van der Waals surface area contributed by atoms with E-state index in [0.29, 0.717) is 33.7 Å². The molecule has 3 aromatic carbocycles. The van der Waals surface area contributed by atoms with Gasteiger partial charge >= 0.3 is 0 Å². The van der Waals surface area contributed by atoms with Gasteiger partial charge in [0, 0.05) is 0 Å². The van der Waals surface area contributed by atoms with Crippen molar-refractivity contribution < 1.29 is 13.9 Å². The van der Waals surface area contributed by atoms with Crippen LogP contribution in [0.4, 0.5) is 4.39 Å². The minimum atomic E-state index is -0.387. The molecule has 0 aliphatic rings. The maximum absolute atomic E-state index is 13.5. The number of halogens is 2. The average Bonchev–Trinajstić information content (AvgIpc) is 2.71. The minimum absolute atomic E-state index is 0.353. The molecule has 5 heteroatoms. The van der Waals surface area contributed by atoms with E-state index >= 15 is 0 Å². The summed E-state index contributed by atoms with van der Waals surface area (Å²) in [7, 11) is 1.56. The molecule has 0 unspecified atom stereocenters. The highest BCUT2D eigenvalue weighted by atomic mass is 79.9. The molecule has 0 radical (unpaired) electrons. The first kappa shape index (κ1) is 19.7. The van der Waals surface area contributed by atoms with Gasteiger partial charge in [-0.2, -0.15) is 5.26 Å². The maximum Gasteiger partial charge on any atom is 0.175 e. The Labute approximate surface area is 171 Å². The number of hydrogen-bond acceptors (Lipinski definition) is 3. The summed E-state index contributed by atoms with van der Waals surface area (Å²) in [6.45, 7) is 0.401. The van der Waals surface area contributed by atoms with Crippen LogP contribution in [0.15, 0.2) is 71.2 Å². The van der Waals surface area contributed by atoms with Gasteiger partial charge in [0.05, 0.1) is 23.2 Å². The molecule has 0 atom stereocenters. The quantitative estimate of drug-likeness (QED) is 0.338. The van der Waals surface area contributed by atoms with Crippen LogP contribution in [0.3, 0.4) is 0 Å². The zero-order chi connectivity index (χ0) is 19.9. The molecule has 3 rings (SSSR count). The van der Waals surface area contributed by atoms with Crippen molar-refractivity contribution in [2.75, 3.05) is 7.11 Å². The lowest BCUT2D eigenvalue weighted by Gasteiger charge is -2.14. The van der Waals surface area contributed by atoms with Crippen molar-refractivity contribution in [2.24, 2.45) is 0 Å². The standard InChI is InChI=1S/C23H17BrFNO2/c1-27-22-12-17(10-19(14-26)18-8-5-9-20(25)13-18)11-21(24)23(22)28-15-16-6-3-2-4-7-16/h2-13H,15H2,1H3/b19-10+. The highest BCUT2D eigenvalue weighted by molar-refractivity contribution is 9.10. The van der Waals surface area contributed by atoms with Crippen LogP contribution in [0.1, 0.15) is 16.7 Å². The van der Waals surface area contributed by atoms with Gasteiger partial charge in [-0.25, -0.2) is 4.39 Å². The van der Waals surface area contributed by atoms with Crippen LogP contribution in [0.2, 0.25) is 0 Å². The monoisotopic (exact) mass is 437 g/mol. The van der Waals surface area contributed by atoms with Gasteiger partial charge < -0.3 is 9.47 Å². The molecule has 0 N–H and O–H groups in total. The molecular weight excluding hydrogens is 421 g/mol. The van der Waals surface area contributed by atoms with E-state index < -0.39 is 0 Å². The Balaban J connectivity index is 1.91. The third-order valence-electron chi connectivity index (χ3n) is 4.04. The summed E-state index contributed by atoms with van der Waals surface area (Å²) in [6.07, 6.45) is 1.68. The summed E-state index contributed by atoms with van der Waals surface area (Å²) in [5.74, 6) is 0.725. The van der Waals surface area contributed by atoms with Gasteiger partial charge in [0.15, 0.2) is 11.5 Å². The molecule has 0 aromatic heterocycles. The van der Waals surface area contributed by atoms with Crippen molar-refractivity contribution in [3.63, 3.8) is 0 Å². The summed E-state index contributed by atoms with van der Waals surface area (Å²) in [5.41, 5.74) is 2.64. The average molecular weight is 438 g/mol.